The van der Waals surface area contributed by atoms with Crippen LogP contribution in [0, 0.1) is 6.92 Å². The third kappa shape index (κ3) is 5.09. The number of rotatable bonds is 4. The molecule has 7 nitrogen and oxygen atoms in total. The first-order chi connectivity index (χ1) is 16.2. The van der Waals surface area contributed by atoms with Gasteiger partial charge in [-0.2, -0.15) is 0 Å². The largest absolute Gasteiger partial charge is 0.328 e. The molecular weight excluding hydrogens is 543 g/mol. The molecule has 0 saturated carbocycles. The summed E-state index contributed by atoms with van der Waals surface area (Å²) in [7, 11) is 0. The highest BCUT2D eigenvalue weighted by Crippen LogP contribution is 2.26. The summed E-state index contributed by atoms with van der Waals surface area (Å²) in [5.74, 6) is -2.41. The number of aryl methyl sites for hydroxylation is 1. The van der Waals surface area contributed by atoms with Crippen molar-refractivity contribution in [3.05, 3.63) is 92.5 Å². The van der Waals surface area contributed by atoms with E-state index in [0.717, 1.165) is 10.0 Å². The molecule has 0 atom stereocenters. The molecule has 1 heterocycles. The molecule has 10 heteroatoms. The highest BCUT2D eigenvalue weighted by Gasteiger charge is 2.22. The van der Waals surface area contributed by atoms with Gasteiger partial charge in [0, 0.05) is 20.6 Å². The van der Waals surface area contributed by atoms with E-state index in [4.69, 9.17) is 23.2 Å². The summed E-state index contributed by atoms with van der Waals surface area (Å²) < 4.78 is 2.07. The van der Waals surface area contributed by atoms with E-state index in [1.54, 1.807) is 30.3 Å². The van der Waals surface area contributed by atoms with Crippen LogP contribution in [-0.2, 0) is 9.59 Å². The summed E-state index contributed by atoms with van der Waals surface area (Å²) in [5.41, 5.74) is 4.92. The molecular formula is C24H17BrCl2N4O3. The van der Waals surface area contributed by atoms with E-state index in [-0.39, 0.29) is 16.4 Å². The Morgan fingerprint density at radius 2 is 1.62 bits per heavy atom. The van der Waals surface area contributed by atoms with Gasteiger partial charge in [0.1, 0.15) is 5.69 Å². The summed E-state index contributed by atoms with van der Waals surface area (Å²) in [6, 6.07) is 18.7. The van der Waals surface area contributed by atoms with Crippen molar-refractivity contribution in [1.82, 2.24) is 4.68 Å². The van der Waals surface area contributed by atoms with Gasteiger partial charge in [0.15, 0.2) is 0 Å². The molecule has 4 aromatic rings. The lowest BCUT2D eigenvalue weighted by atomic mass is 10.2. The molecule has 3 N–H and O–H groups in total. The van der Waals surface area contributed by atoms with E-state index in [1.165, 1.54) is 22.9 Å². The number of hydrogen-bond acceptors (Lipinski definition) is 3. The van der Waals surface area contributed by atoms with Crippen LogP contribution in [0.5, 0.6) is 0 Å². The monoisotopic (exact) mass is 558 g/mol. The van der Waals surface area contributed by atoms with Crippen LogP contribution in [0.25, 0.3) is 10.9 Å². The lowest BCUT2D eigenvalue weighted by molar-refractivity contribution is -0.133. The maximum atomic E-state index is 13.1. The Hall–Kier alpha value is -3.33. The van der Waals surface area contributed by atoms with Crippen molar-refractivity contribution < 1.29 is 14.4 Å². The van der Waals surface area contributed by atoms with Crippen molar-refractivity contribution >= 4 is 79.1 Å². The Balaban J connectivity index is 1.64. The lowest BCUT2D eigenvalue weighted by Crippen LogP contribution is -2.36. The molecule has 0 spiro atoms. The van der Waals surface area contributed by atoms with Crippen molar-refractivity contribution in [2.24, 2.45) is 0 Å². The Morgan fingerprint density at radius 3 is 2.35 bits per heavy atom. The van der Waals surface area contributed by atoms with Crippen LogP contribution < -0.4 is 16.1 Å². The number of nitrogens with one attached hydrogen (secondary N) is 3. The number of nitrogens with zero attached hydrogens (tertiary/aromatic N) is 1. The zero-order valence-electron chi connectivity index (χ0n) is 17.7. The summed E-state index contributed by atoms with van der Waals surface area (Å²) >= 11 is 15.4. The Morgan fingerprint density at radius 1 is 0.853 bits per heavy atom. The van der Waals surface area contributed by atoms with Crippen molar-refractivity contribution in [2.45, 2.75) is 6.92 Å². The minimum atomic E-state index is -0.989. The van der Waals surface area contributed by atoms with Gasteiger partial charge in [0.25, 0.3) is 5.91 Å². The molecule has 0 aliphatic rings. The molecule has 1 aromatic heterocycles. The van der Waals surface area contributed by atoms with Gasteiger partial charge >= 0.3 is 11.8 Å². The minimum Gasteiger partial charge on any atom is -0.320 e. The van der Waals surface area contributed by atoms with Gasteiger partial charge in [-0.05, 0) is 61.0 Å². The average molecular weight is 560 g/mol. The number of anilines is 2. The van der Waals surface area contributed by atoms with Crippen LogP contribution in [0.15, 0.2) is 71.2 Å². The minimum absolute atomic E-state index is 0.141. The molecule has 3 aromatic carbocycles. The first kappa shape index (κ1) is 23.8. The quantitative estimate of drug-likeness (QED) is 0.268. The Bertz CT molecular complexity index is 1450. The predicted molar refractivity (Wildman–Crippen MR) is 138 cm³/mol. The molecule has 4 rings (SSSR count). The number of aromatic nitrogens is 1. The molecule has 0 aliphatic heterocycles. The molecule has 0 radical (unpaired) electrons. The second kappa shape index (κ2) is 9.89. The van der Waals surface area contributed by atoms with Gasteiger partial charge in [-0.1, -0.05) is 57.3 Å². The Kier molecular flexibility index (Phi) is 6.92. The summed E-state index contributed by atoms with van der Waals surface area (Å²) in [4.78, 5) is 38.4. The van der Waals surface area contributed by atoms with Crippen LogP contribution in [0.3, 0.4) is 0 Å². The van der Waals surface area contributed by atoms with Gasteiger partial charge in [-0.25, -0.2) is 4.68 Å². The van der Waals surface area contributed by atoms with Crippen LogP contribution in [0.4, 0.5) is 11.4 Å². The van der Waals surface area contributed by atoms with E-state index in [1.807, 2.05) is 25.1 Å². The molecule has 0 aliphatic carbocycles. The zero-order chi connectivity index (χ0) is 24.4. The summed E-state index contributed by atoms with van der Waals surface area (Å²) in [6.07, 6.45) is 0. The lowest BCUT2D eigenvalue weighted by Gasteiger charge is -2.14. The summed E-state index contributed by atoms with van der Waals surface area (Å²) in [6.45, 7) is 1.87. The second-order valence-electron chi connectivity index (χ2n) is 7.36. The number of amides is 3. The van der Waals surface area contributed by atoms with E-state index in [9.17, 15) is 14.4 Å². The molecule has 34 heavy (non-hydrogen) atoms. The van der Waals surface area contributed by atoms with Gasteiger partial charge in [-0.3, -0.25) is 19.8 Å². The van der Waals surface area contributed by atoms with Crippen molar-refractivity contribution in [3.8, 4) is 0 Å². The van der Waals surface area contributed by atoms with Gasteiger partial charge in [0.05, 0.1) is 16.2 Å². The fourth-order valence-corrected chi connectivity index (χ4v) is 4.13. The average Bonchev–Trinajstić information content (AvgIpc) is 3.14. The highest BCUT2D eigenvalue weighted by molar-refractivity contribution is 9.10. The van der Waals surface area contributed by atoms with Crippen LogP contribution in [0.2, 0.25) is 10.0 Å². The van der Waals surface area contributed by atoms with E-state index in [0.29, 0.717) is 21.6 Å². The number of carbonyl (C=O) groups excluding carboxylic acids is 3. The zero-order valence-corrected chi connectivity index (χ0v) is 20.8. The molecule has 3 amide bonds. The second-order valence-corrected chi connectivity index (χ2v) is 9.12. The van der Waals surface area contributed by atoms with E-state index in [2.05, 4.69) is 32.0 Å². The van der Waals surface area contributed by atoms with Crippen LogP contribution >= 0.6 is 39.1 Å². The number of para-hydroxylation sites is 1. The third-order valence-corrected chi connectivity index (χ3v) is 6.03. The number of hydrogen-bond donors (Lipinski definition) is 3. The first-order valence-corrected chi connectivity index (χ1v) is 11.5. The highest BCUT2D eigenvalue weighted by atomic mass is 79.9. The molecule has 0 fully saturated rings. The van der Waals surface area contributed by atoms with E-state index >= 15 is 0 Å². The molecule has 172 valence electrons. The SMILES string of the molecule is Cc1ccccc1NC(=O)c1cc2cc(Br)ccc2n1NC(=O)C(=O)Nc1ccc(Cl)cc1Cl. The standard InChI is InChI=1S/C24H17BrCl2N4O3/c1-13-4-2-3-5-18(13)28-22(32)21-11-14-10-15(25)6-9-20(14)31(21)30-24(34)23(33)29-19-8-7-16(26)12-17(19)27/h2-12H,1H3,(H,28,32)(H,29,33)(H,30,34). The third-order valence-electron chi connectivity index (χ3n) is 4.99. The number of fused-ring (bicyclic) bond motifs is 1. The first-order valence-electron chi connectivity index (χ1n) is 9.98. The normalized spacial score (nSPS) is 10.7. The topological polar surface area (TPSA) is 92.2 Å². The number of benzene rings is 3. The molecule has 0 unspecified atom stereocenters. The van der Waals surface area contributed by atoms with Gasteiger partial charge in [0.2, 0.25) is 0 Å². The van der Waals surface area contributed by atoms with E-state index < -0.39 is 17.7 Å². The fourth-order valence-electron chi connectivity index (χ4n) is 3.30. The number of carbonyl (C=O) groups is 3. The number of halogens is 3. The van der Waals surface area contributed by atoms with Crippen molar-refractivity contribution in [1.29, 1.82) is 0 Å². The fraction of sp³-hybridized carbons (Fsp3) is 0.0417. The maximum absolute atomic E-state index is 13.1. The molecule has 0 bridgehead atoms. The van der Waals surface area contributed by atoms with Gasteiger partial charge in [-0.15, -0.1) is 0 Å². The predicted octanol–water partition coefficient (Wildman–Crippen LogP) is 5.98. The van der Waals surface area contributed by atoms with Crippen molar-refractivity contribution in [3.63, 3.8) is 0 Å². The maximum Gasteiger partial charge on any atom is 0.328 e. The smallest absolute Gasteiger partial charge is 0.320 e. The Labute approximate surface area is 213 Å². The van der Waals surface area contributed by atoms with Crippen LogP contribution in [0.1, 0.15) is 16.1 Å². The summed E-state index contributed by atoms with van der Waals surface area (Å²) in [5, 5.41) is 6.54. The van der Waals surface area contributed by atoms with Crippen LogP contribution in [-0.4, -0.2) is 22.4 Å². The van der Waals surface area contributed by atoms with Gasteiger partial charge < -0.3 is 10.6 Å². The van der Waals surface area contributed by atoms with Crippen molar-refractivity contribution in [2.75, 3.05) is 16.1 Å². The molecule has 0 saturated heterocycles.